The summed E-state index contributed by atoms with van der Waals surface area (Å²) in [5, 5.41) is 1.24. The largest absolute Gasteiger partial charge is 0.464 e. The van der Waals surface area contributed by atoms with E-state index < -0.39 is 0 Å². The highest BCUT2D eigenvalue weighted by Gasteiger charge is 2.13. The first kappa shape index (κ1) is 10.2. The summed E-state index contributed by atoms with van der Waals surface area (Å²) in [5.41, 5.74) is 3.53. The summed E-state index contributed by atoms with van der Waals surface area (Å²) in [6, 6.07) is 6.38. The maximum atomic E-state index is 5.57. The molecule has 0 spiro atoms. The molecule has 0 N–H and O–H groups in total. The summed E-state index contributed by atoms with van der Waals surface area (Å²) in [5.74, 6) is 0. The van der Waals surface area contributed by atoms with Crippen LogP contribution in [0.3, 0.4) is 0 Å². The molecule has 0 atom stereocenters. The summed E-state index contributed by atoms with van der Waals surface area (Å²) in [4.78, 5) is 0. The summed E-state index contributed by atoms with van der Waals surface area (Å²) in [7, 11) is 6.56. The topological polar surface area (TPSA) is 13.1 Å². The van der Waals surface area contributed by atoms with E-state index in [0.29, 0.717) is 0 Å². The highest BCUT2D eigenvalue weighted by Crippen LogP contribution is 2.23. The van der Waals surface area contributed by atoms with Gasteiger partial charge in [0.2, 0.25) is 0 Å². The Balaban J connectivity index is 2.45. The molecule has 0 aliphatic carbocycles. The molecule has 1 aromatic heterocycles. The number of aryl methyl sites for hydroxylation is 1. The highest BCUT2D eigenvalue weighted by molar-refractivity contribution is 5.81. The summed E-state index contributed by atoms with van der Waals surface area (Å²) in [6.45, 7) is 3.08. The first-order chi connectivity index (χ1) is 6.96. The molecule has 0 saturated carbocycles. The Bertz CT molecular complexity index is 477. The minimum Gasteiger partial charge on any atom is -0.464 e. The lowest BCUT2D eigenvalue weighted by molar-refractivity contribution is -0.883. The zero-order chi connectivity index (χ0) is 11.1. The van der Waals surface area contributed by atoms with E-state index in [4.69, 9.17) is 4.42 Å². The van der Waals surface area contributed by atoms with Gasteiger partial charge >= 0.3 is 0 Å². The first-order valence-electron chi connectivity index (χ1n) is 5.23. The molecule has 0 fully saturated rings. The number of hydrogen-bond donors (Lipinski definition) is 0. The van der Waals surface area contributed by atoms with Crippen LogP contribution in [0.1, 0.15) is 11.1 Å². The normalized spacial score (nSPS) is 12.3. The Kier molecular flexibility index (Phi) is 2.31. The number of benzene rings is 1. The Hall–Kier alpha value is -1.28. The van der Waals surface area contributed by atoms with Gasteiger partial charge in [0.25, 0.3) is 0 Å². The van der Waals surface area contributed by atoms with Crippen LogP contribution in [0.15, 0.2) is 28.9 Å². The lowest BCUT2D eigenvalue weighted by atomic mass is 10.1. The van der Waals surface area contributed by atoms with Crippen molar-refractivity contribution in [2.24, 2.45) is 0 Å². The molecule has 0 bridgehead atoms. The molecule has 0 amide bonds. The van der Waals surface area contributed by atoms with Crippen molar-refractivity contribution >= 4 is 11.0 Å². The maximum absolute atomic E-state index is 5.57. The third-order valence-corrected chi connectivity index (χ3v) is 2.46. The van der Waals surface area contributed by atoms with Crippen molar-refractivity contribution in [2.45, 2.75) is 13.5 Å². The predicted octanol–water partition coefficient (Wildman–Crippen LogP) is 2.95. The van der Waals surface area contributed by atoms with Gasteiger partial charge in [-0.25, -0.2) is 0 Å². The van der Waals surface area contributed by atoms with E-state index in [1.807, 2.05) is 6.26 Å². The number of quaternary nitrogens is 1. The van der Waals surface area contributed by atoms with Gasteiger partial charge in [0, 0.05) is 5.39 Å². The fourth-order valence-corrected chi connectivity index (χ4v) is 1.82. The average Bonchev–Trinajstić information content (AvgIpc) is 2.45. The maximum Gasteiger partial charge on any atom is 0.134 e. The van der Waals surface area contributed by atoms with Crippen LogP contribution in [0.25, 0.3) is 11.0 Å². The third kappa shape index (κ3) is 2.21. The Labute approximate surface area is 90.7 Å². The SMILES string of the molecule is Cc1ccc2c(C[N+](C)(C)C)coc2c1. The molecule has 0 unspecified atom stereocenters. The van der Waals surface area contributed by atoms with Crippen LogP contribution in [0, 0.1) is 6.92 Å². The molecule has 2 nitrogen and oxygen atoms in total. The smallest absolute Gasteiger partial charge is 0.134 e. The summed E-state index contributed by atoms with van der Waals surface area (Å²) < 4.78 is 6.48. The first-order valence-corrected chi connectivity index (χ1v) is 5.23. The van der Waals surface area contributed by atoms with Gasteiger partial charge in [0.05, 0.1) is 26.7 Å². The standard InChI is InChI=1S/C13H18NO/c1-10-5-6-12-11(8-14(2,3)4)9-15-13(12)7-10/h5-7,9H,8H2,1-4H3/q+1. The molecule has 0 aliphatic heterocycles. The minimum absolute atomic E-state index is 0.919. The number of hydrogen-bond acceptors (Lipinski definition) is 1. The van der Waals surface area contributed by atoms with Crippen molar-refractivity contribution in [2.75, 3.05) is 21.1 Å². The minimum atomic E-state index is 0.919. The van der Waals surface area contributed by atoms with E-state index >= 15 is 0 Å². The van der Waals surface area contributed by atoms with Gasteiger partial charge in [-0.05, 0) is 18.6 Å². The number of furan rings is 1. The van der Waals surface area contributed by atoms with E-state index in [2.05, 4.69) is 46.3 Å². The quantitative estimate of drug-likeness (QED) is 0.685. The Morgan fingerprint density at radius 1 is 1.20 bits per heavy atom. The van der Waals surface area contributed by atoms with Crippen molar-refractivity contribution in [3.05, 3.63) is 35.6 Å². The fourth-order valence-electron chi connectivity index (χ4n) is 1.82. The average molecular weight is 204 g/mol. The second-order valence-corrected chi connectivity index (χ2v) is 5.21. The van der Waals surface area contributed by atoms with Crippen LogP contribution in [-0.2, 0) is 6.54 Å². The van der Waals surface area contributed by atoms with Crippen molar-refractivity contribution < 1.29 is 8.90 Å². The van der Waals surface area contributed by atoms with Crippen LogP contribution >= 0.6 is 0 Å². The molecule has 80 valence electrons. The van der Waals surface area contributed by atoms with Gasteiger partial charge in [-0.2, -0.15) is 0 Å². The van der Waals surface area contributed by atoms with Gasteiger partial charge in [0.1, 0.15) is 18.4 Å². The number of rotatable bonds is 2. The van der Waals surface area contributed by atoms with Gasteiger partial charge in [-0.1, -0.05) is 12.1 Å². The van der Waals surface area contributed by atoms with Crippen LogP contribution in [-0.4, -0.2) is 25.6 Å². The molecule has 1 heterocycles. The monoisotopic (exact) mass is 204 g/mol. The molecule has 0 radical (unpaired) electrons. The van der Waals surface area contributed by atoms with E-state index in [1.54, 1.807) is 0 Å². The summed E-state index contributed by atoms with van der Waals surface area (Å²) >= 11 is 0. The Morgan fingerprint density at radius 2 is 1.93 bits per heavy atom. The van der Waals surface area contributed by atoms with E-state index in [-0.39, 0.29) is 0 Å². The second-order valence-electron chi connectivity index (χ2n) is 5.21. The van der Waals surface area contributed by atoms with Crippen LogP contribution in [0.4, 0.5) is 0 Å². The lowest BCUT2D eigenvalue weighted by Crippen LogP contribution is -2.33. The molecule has 0 aliphatic rings. The predicted molar refractivity (Wildman–Crippen MR) is 62.7 cm³/mol. The zero-order valence-corrected chi connectivity index (χ0v) is 9.87. The van der Waals surface area contributed by atoms with E-state index in [1.165, 1.54) is 16.5 Å². The zero-order valence-electron chi connectivity index (χ0n) is 9.87. The molecule has 2 aromatic rings. The second kappa shape index (κ2) is 3.38. The molecular formula is C13H18NO+. The summed E-state index contributed by atoms with van der Waals surface area (Å²) in [6.07, 6.45) is 1.88. The highest BCUT2D eigenvalue weighted by atomic mass is 16.3. The van der Waals surface area contributed by atoms with Crippen molar-refractivity contribution in [1.82, 2.24) is 0 Å². The molecule has 2 heteroatoms. The van der Waals surface area contributed by atoms with Crippen molar-refractivity contribution in [3.63, 3.8) is 0 Å². The molecule has 1 aromatic carbocycles. The van der Waals surface area contributed by atoms with Crippen LogP contribution in [0.2, 0.25) is 0 Å². The lowest BCUT2D eigenvalue weighted by Gasteiger charge is -2.23. The van der Waals surface area contributed by atoms with Gasteiger partial charge in [0.15, 0.2) is 0 Å². The van der Waals surface area contributed by atoms with Crippen LogP contribution in [0.5, 0.6) is 0 Å². The third-order valence-electron chi connectivity index (χ3n) is 2.46. The van der Waals surface area contributed by atoms with Crippen molar-refractivity contribution in [1.29, 1.82) is 0 Å². The van der Waals surface area contributed by atoms with Gasteiger partial charge < -0.3 is 8.90 Å². The van der Waals surface area contributed by atoms with Gasteiger partial charge in [-0.15, -0.1) is 0 Å². The fraction of sp³-hybridized carbons (Fsp3) is 0.385. The van der Waals surface area contributed by atoms with Crippen molar-refractivity contribution in [3.8, 4) is 0 Å². The van der Waals surface area contributed by atoms with E-state index in [0.717, 1.165) is 16.6 Å². The van der Waals surface area contributed by atoms with Crippen LogP contribution < -0.4 is 0 Å². The van der Waals surface area contributed by atoms with E-state index in [9.17, 15) is 0 Å². The van der Waals surface area contributed by atoms with Gasteiger partial charge in [-0.3, -0.25) is 0 Å². The molecule has 15 heavy (non-hydrogen) atoms. The Morgan fingerprint density at radius 3 is 2.60 bits per heavy atom. The molecule has 2 rings (SSSR count). The molecule has 0 saturated heterocycles. The molecular weight excluding hydrogens is 186 g/mol. The number of fused-ring (bicyclic) bond motifs is 1. The number of nitrogens with zero attached hydrogens (tertiary/aromatic N) is 1.